The molecule has 1 aromatic rings. The molecular formula is C18H25NO4. The van der Waals surface area contributed by atoms with Gasteiger partial charge < -0.3 is 14.6 Å². The van der Waals surface area contributed by atoms with E-state index in [9.17, 15) is 9.90 Å². The van der Waals surface area contributed by atoms with Crippen molar-refractivity contribution in [3.63, 3.8) is 0 Å². The molecule has 1 N–H and O–H groups in total. The highest BCUT2D eigenvalue weighted by atomic mass is 16.5. The van der Waals surface area contributed by atoms with Gasteiger partial charge in [-0.25, -0.2) is 0 Å². The van der Waals surface area contributed by atoms with Crippen LogP contribution in [0.1, 0.15) is 26.7 Å². The van der Waals surface area contributed by atoms with E-state index in [0.29, 0.717) is 19.7 Å². The molecule has 0 spiro atoms. The first-order valence-electron chi connectivity index (χ1n) is 8.20. The van der Waals surface area contributed by atoms with Crippen LogP contribution in [0.15, 0.2) is 30.3 Å². The number of carboxylic acids is 1. The van der Waals surface area contributed by atoms with Gasteiger partial charge in [0.15, 0.2) is 0 Å². The fraction of sp³-hybridized carbons (Fsp3) is 0.611. The van der Waals surface area contributed by atoms with Gasteiger partial charge in [0.2, 0.25) is 0 Å². The van der Waals surface area contributed by atoms with Gasteiger partial charge in [0.05, 0.1) is 11.0 Å². The first kappa shape index (κ1) is 16.3. The normalized spacial score (nSPS) is 25.7. The van der Waals surface area contributed by atoms with E-state index in [1.54, 1.807) is 0 Å². The van der Waals surface area contributed by atoms with E-state index in [0.717, 1.165) is 25.1 Å². The van der Waals surface area contributed by atoms with E-state index < -0.39 is 11.4 Å². The van der Waals surface area contributed by atoms with Gasteiger partial charge in [-0.15, -0.1) is 0 Å². The van der Waals surface area contributed by atoms with Crippen molar-refractivity contribution >= 4 is 5.97 Å². The summed E-state index contributed by atoms with van der Waals surface area (Å²) in [5.74, 6) is 0.161. The van der Waals surface area contributed by atoms with Gasteiger partial charge >= 0.3 is 5.97 Å². The Hall–Kier alpha value is -1.59. The van der Waals surface area contributed by atoms with E-state index in [-0.39, 0.29) is 11.7 Å². The Morgan fingerprint density at radius 2 is 2.04 bits per heavy atom. The van der Waals surface area contributed by atoms with Crippen LogP contribution in [0.25, 0.3) is 0 Å². The Kier molecular flexibility index (Phi) is 4.34. The van der Waals surface area contributed by atoms with Crippen LogP contribution in [-0.4, -0.2) is 53.9 Å². The Morgan fingerprint density at radius 3 is 2.65 bits per heavy atom. The maximum atomic E-state index is 11.4. The third kappa shape index (κ3) is 4.03. The lowest BCUT2D eigenvalue weighted by Crippen LogP contribution is -2.55. The molecule has 126 valence electrons. The number of morpholine rings is 1. The van der Waals surface area contributed by atoms with Crippen LogP contribution in [0.2, 0.25) is 0 Å². The molecule has 3 rings (SSSR count). The number of rotatable bonds is 6. The van der Waals surface area contributed by atoms with Crippen LogP contribution >= 0.6 is 0 Å². The summed E-state index contributed by atoms with van der Waals surface area (Å²) in [5.41, 5.74) is -0.824. The monoisotopic (exact) mass is 319 g/mol. The predicted octanol–water partition coefficient (Wildman–Crippen LogP) is 2.41. The molecule has 1 aliphatic carbocycles. The maximum Gasteiger partial charge on any atom is 0.310 e. The second-order valence-electron chi connectivity index (χ2n) is 7.38. The number of benzene rings is 1. The van der Waals surface area contributed by atoms with Crippen molar-refractivity contribution in [1.29, 1.82) is 0 Å². The second-order valence-corrected chi connectivity index (χ2v) is 7.38. The third-order valence-corrected chi connectivity index (χ3v) is 4.56. The third-order valence-electron chi connectivity index (χ3n) is 4.56. The number of carbonyl (C=O) groups is 1. The zero-order valence-corrected chi connectivity index (χ0v) is 13.8. The molecule has 1 heterocycles. The van der Waals surface area contributed by atoms with Crippen molar-refractivity contribution in [1.82, 2.24) is 4.90 Å². The fourth-order valence-corrected chi connectivity index (χ4v) is 3.35. The molecule has 2 aliphatic rings. The molecular weight excluding hydrogens is 294 g/mol. The molecule has 0 aromatic heterocycles. The van der Waals surface area contributed by atoms with Gasteiger partial charge in [0.25, 0.3) is 0 Å². The van der Waals surface area contributed by atoms with Gasteiger partial charge in [0, 0.05) is 19.6 Å². The van der Waals surface area contributed by atoms with Crippen molar-refractivity contribution < 1.29 is 19.4 Å². The molecule has 23 heavy (non-hydrogen) atoms. The van der Waals surface area contributed by atoms with Crippen molar-refractivity contribution in [3.8, 4) is 5.75 Å². The van der Waals surface area contributed by atoms with Crippen LogP contribution in [0.3, 0.4) is 0 Å². The molecule has 0 amide bonds. The highest BCUT2D eigenvalue weighted by Crippen LogP contribution is 2.47. The summed E-state index contributed by atoms with van der Waals surface area (Å²) in [6, 6.07) is 9.69. The van der Waals surface area contributed by atoms with Crippen LogP contribution in [0.4, 0.5) is 0 Å². The first-order chi connectivity index (χ1) is 10.9. The van der Waals surface area contributed by atoms with Crippen molar-refractivity contribution in [2.24, 2.45) is 5.41 Å². The first-order valence-corrected chi connectivity index (χ1v) is 8.20. The van der Waals surface area contributed by atoms with Gasteiger partial charge in [-0.2, -0.15) is 0 Å². The summed E-state index contributed by atoms with van der Waals surface area (Å²) in [6.07, 6.45) is 1.51. The van der Waals surface area contributed by atoms with E-state index in [1.165, 1.54) is 0 Å². The zero-order valence-electron chi connectivity index (χ0n) is 13.8. The molecule has 1 saturated carbocycles. The minimum atomic E-state index is -0.668. The lowest BCUT2D eigenvalue weighted by atomic mass is 10.0. The Labute approximate surface area is 137 Å². The topological polar surface area (TPSA) is 59.0 Å². The van der Waals surface area contributed by atoms with E-state index in [2.05, 4.69) is 18.7 Å². The van der Waals surface area contributed by atoms with E-state index in [1.807, 2.05) is 30.3 Å². The van der Waals surface area contributed by atoms with Gasteiger partial charge in [0.1, 0.15) is 18.5 Å². The minimum absolute atomic E-state index is 0.0523. The van der Waals surface area contributed by atoms with E-state index in [4.69, 9.17) is 9.47 Å². The number of aliphatic carboxylic acids is 1. The Balaban J connectivity index is 1.59. The summed E-state index contributed by atoms with van der Waals surface area (Å²) >= 11 is 0. The maximum absolute atomic E-state index is 11.4. The average Bonchev–Trinajstić information content (AvgIpc) is 3.25. The zero-order chi connectivity index (χ0) is 16.5. The summed E-state index contributed by atoms with van der Waals surface area (Å²) in [5, 5.41) is 9.40. The number of ether oxygens (including phenoxy) is 2. The minimum Gasteiger partial charge on any atom is -0.491 e. The molecule has 5 nitrogen and oxygen atoms in total. The van der Waals surface area contributed by atoms with Crippen molar-refractivity contribution in [2.45, 2.75) is 38.4 Å². The quantitative estimate of drug-likeness (QED) is 0.872. The smallest absolute Gasteiger partial charge is 0.310 e. The van der Waals surface area contributed by atoms with Gasteiger partial charge in [-0.1, -0.05) is 18.2 Å². The van der Waals surface area contributed by atoms with Crippen LogP contribution < -0.4 is 4.74 Å². The van der Waals surface area contributed by atoms with E-state index >= 15 is 0 Å². The molecule has 0 radical (unpaired) electrons. The molecule has 1 aromatic carbocycles. The number of hydrogen-bond donors (Lipinski definition) is 1. The number of para-hydroxylation sites is 1. The van der Waals surface area contributed by atoms with Crippen molar-refractivity contribution in [3.05, 3.63) is 30.3 Å². The summed E-state index contributed by atoms with van der Waals surface area (Å²) in [6.45, 7) is 6.65. The Bertz CT molecular complexity index is 553. The summed E-state index contributed by atoms with van der Waals surface area (Å²) < 4.78 is 11.9. The Morgan fingerprint density at radius 1 is 1.35 bits per heavy atom. The molecule has 1 atom stereocenters. The largest absolute Gasteiger partial charge is 0.491 e. The highest BCUT2D eigenvalue weighted by molar-refractivity contribution is 5.78. The standard InChI is InChI=1S/C18H25NO4/c1-17(2)12-19(13-18(8-9-18)16(20)21)10-15(23-17)11-22-14-6-4-3-5-7-14/h3-7,15H,8-13H2,1-2H3,(H,20,21). The number of nitrogens with zero attached hydrogens (tertiary/aromatic N) is 1. The molecule has 2 fully saturated rings. The molecule has 5 heteroatoms. The summed E-state index contributed by atoms with van der Waals surface area (Å²) in [4.78, 5) is 13.7. The lowest BCUT2D eigenvalue weighted by Gasteiger charge is -2.43. The van der Waals surface area contributed by atoms with Crippen LogP contribution in [0, 0.1) is 5.41 Å². The molecule has 1 saturated heterocycles. The summed E-state index contributed by atoms with van der Waals surface area (Å²) in [7, 11) is 0. The van der Waals surface area contributed by atoms with Crippen LogP contribution in [-0.2, 0) is 9.53 Å². The number of hydrogen-bond acceptors (Lipinski definition) is 4. The predicted molar refractivity (Wildman–Crippen MR) is 86.6 cm³/mol. The SMILES string of the molecule is CC1(C)CN(CC2(C(=O)O)CC2)CC(COc2ccccc2)O1. The second kappa shape index (κ2) is 6.13. The van der Waals surface area contributed by atoms with Gasteiger partial charge in [-0.3, -0.25) is 9.69 Å². The molecule has 1 aliphatic heterocycles. The van der Waals surface area contributed by atoms with Crippen molar-refractivity contribution in [2.75, 3.05) is 26.2 Å². The molecule has 0 bridgehead atoms. The van der Waals surface area contributed by atoms with Gasteiger partial charge in [-0.05, 0) is 38.8 Å². The fourth-order valence-electron chi connectivity index (χ4n) is 3.35. The number of carboxylic acid groups (broad SMARTS) is 1. The lowest BCUT2D eigenvalue weighted by molar-refractivity contribution is -0.157. The van der Waals surface area contributed by atoms with Crippen LogP contribution in [0.5, 0.6) is 5.75 Å². The average molecular weight is 319 g/mol. The highest BCUT2D eigenvalue weighted by Gasteiger charge is 2.52. The molecule has 1 unspecified atom stereocenters.